The Morgan fingerprint density at radius 2 is 2.00 bits per heavy atom. The van der Waals surface area contributed by atoms with Crippen molar-refractivity contribution in [3.63, 3.8) is 0 Å². The van der Waals surface area contributed by atoms with Crippen LogP contribution in [0.4, 0.5) is 18.9 Å². The van der Waals surface area contributed by atoms with Crippen molar-refractivity contribution in [3.05, 3.63) is 29.3 Å². The fourth-order valence-electron chi connectivity index (χ4n) is 2.15. The first-order chi connectivity index (χ1) is 9.79. The number of benzene rings is 1. The largest absolute Gasteiger partial charge is 0.411 e. The molecule has 21 heavy (non-hydrogen) atoms. The van der Waals surface area contributed by atoms with Crippen LogP contribution in [-0.4, -0.2) is 24.2 Å². The van der Waals surface area contributed by atoms with E-state index in [1.54, 1.807) is 19.1 Å². The first-order valence-electron chi connectivity index (χ1n) is 7.03. The first kappa shape index (κ1) is 15.7. The number of halogens is 3. The van der Waals surface area contributed by atoms with Crippen molar-refractivity contribution in [2.75, 3.05) is 11.9 Å². The highest BCUT2D eigenvalue weighted by Crippen LogP contribution is 2.49. The zero-order valence-electron chi connectivity index (χ0n) is 12.1. The second kappa shape index (κ2) is 5.58. The van der Waals surface area contributed by atoms with E-state index >= 15 is 0 Å². The van der Waals surface area contributed by atoms with Crippen LogP contribution in [0.5, 0.6) is 0 Å². The maximum atomic E-state index is 12.9. The molecule has 116 valence electrons. The molecule has 0 aliphatic heterocycles. The molecular weight excluding hydrogens is 281 g/mol. The molecule has 1 aromatic rings. The first-order valence-corrected chi connectivity index (χ1v) is 7.03. The highest BCUT2D eigenvalue weighted by molar-refractivity contribution is 6.00. The van der Waals surface area contributed by atoms with Gasteiger partial charge in [-0.3, -0.25) is 4.79 Å². The number of hydrogen-bond donors (Lipinski definition) is 2. The summed E-state index contributed by atoms with van der Waals surface area (Å²) in [5.41, 5.74) is -0.369. The number of carbonyl (C=O) groups is 1. The molecule has 1 amide bonds. The summed E-state index contributed by atoms with van der Waals surface area (Å²) in [7, 11) is 0. The van der Waals surface area contributed by atoms with Gasteiger partial charge < -0.3 is 10.6 Å². The minimum atomic E-state index is -4.40. The summed E-state index contributed by atoms with van der Waals surface area (Å²) in [6.45, 7) is 4.44. The third kappa shape index (κ3) is 3.31. The van der Waals surface area contributed by atoms with Crippen molar-refractivity contribution in [3.8, 4) is 0 Å². The van der Waals surface area contributed by atoms with Crippen molar-refractivity contribution in [2.24, 2.45) is 0 Å². The molecule has 3 nitrogen and oxygen atoms in total. The van der Waals surface area contributed by atoms with E-state index in [-0.39, 0.29) is 18.4 Å². The van der Waals surface area contributed by atoms with Crippen molar-refractivity contribution in [1.82, 2.24) is 5.32 Å². The summed E-state index contributed by atoms with van der Waals surface area (Å²) in [5, 5.41) is 5.24. The molecule has 1 saturated carbocycles. The lowest BCUT2D eigenvalue weighted by atomic mass is 10.1. The van der Waals surface area contributed by atoms with Crippen LogP contribution in [0.2, 0.25) is 0 Å². The molecule has 0 radical (unpaired) electrons. The van der Waals surface area contributed by atoms with Crippen LogP contribution in [0, 0.1) is 6.92 Å². The molecule has 1 fully saturated rings. The van der Waals surface area contributed by atoms with Gasteiger partial charge in [-0.1, -0.05) is 18.6 Å². The number of carbonyl (C=O) groups excluding carboxylic acids is 1. The van der Waals surface area contributed by atoms with Crippen LogP contribution in [-0.2, 0) is 0 Å². The average Bonchev–Trinajstić information content (AvgIpc) is 3.17. The normalized spacial score (nSPS) is 16.4. The Bertz CT molecular complexity index is 536. The summed E-state index contributed by atoms with van der Waals surface area (Å²) in [6, 6.07) is 5.16. The zero-order valence-corrected chi connectivity index (χ0v) is 12.1. The summed E-state index contributed by atoms with van der Waals surface area (Å²) >= 11 is 0. The smallest absolute Gasteiger partial charge is 0.384 e. The SMILES string of the molecule is CCCNc1ccc(C)cc1C(=O)NC1(C(F)(F)F)CC1. The molecular formula is C15H19F3N2O. The molecule has 0 atom stereocenters. The number of aryl methyl sites for hydroxylation is 1. The topological polar surface area (TPSA) is 41.1 Å². The molecule has 0 heterocycles. The van der Waals surface area contributed by atoms with Gasteiger partial charge in [-0.05, 0) is 38.3 Å². The molecule has 0 spiro atoms. The van der Waals surface area contributed by atoms with E-state index < -0.39 is 17.6 Å². The second-order valence-corrected chi connectivity index (χ2v) is 5.51. The highest BCUT2D eigenvalue weighted by Gasteiger charge is 2.64. The summed E-state index contributed by atoms with van der Waals surface area (Å²) in [6.07, 6.45) is -3.64. The monoisotopic (exact) mass is 300 g/mol. The molecule has 6 heteroatoms. The second-order valence-electron chi connectivity index (χ2n) is 5.51. The van der Waals surface area contributed by atoms with E-state index in [2.05, 4.69) is 10.6 Å². The lowest BCUT2D eigenvalue weighted by Crippen LogP contribution is -2.48. The van der Waals surface area contributed by atoms with Gasteiger partial charge in [0.05, 0.1) is 5.56 Å². The molecule has 0 unspecified atom stereocenters. The van der Waals surface area contributed by atoms with Gasteiger partial charge >= 0.3 is 6.18 Å². The fourth-order valence-corrected chi connectivity index (χ4v) is 2.15. The van der Waals surface area contributed by atoms with Gasteiger partial charge in [0.25, 0.3) is 5.91 Å². The van der Waals surface area contributed by atoms with E-state index in [0.29, 0.717) is 12.2 Å². The van der Waals surface area contributed by atoms with E-state index in [1.165, 1.54) is 0 Å². The Kier molecular flexibility index (Phi) is 4.16. The molecule has 1 aliphatic rings. The predicted octanol–water partition coefficient (Wildman–Crippen LogP) is 3.64. The van der Waals surface area contributed by atoms with Gasteiger partial charge in [-0.15, -0.1) is 0 Å². The molecule has 2 N–H and O–H groups in total. The predicted molar refractivity (Wildman–Crippen MR) is 75.4 cm³/mol. The van der Waals surface area contributed by atoms with Crippen LogP contribution in [0.3, 0.4) is 0 Å². The van der Waals surface area contributed by atoms with Crippen molar-refractivity contribution in [2.45, 2.75) is 44.8 Å². The summed E-state index contributed by atoms with van der Waals surface area (Å²) < 4.78 is 38.8. The number of alkyl halides is 3. The standard InChI is InChI=1S/C15H19F3N2O/c1-3-8-19-12-5-4-10(2)9-11(12)13(21)20-14(6-7-14)15(16,17)18/h4-5,9,19H,3,6-8H2,1-2H3,(H,20,21). The molecule has 0 bridgehead atoms. The van der Waals surface area contributed by atoms with Gasteiger partial charge in [0, 0.05) is 12.2 Å². The van der Waals surface area contributed by atoms with Crippen molar-refractivity contribution < 1.29 is 18.0 Å². The Morgan fingerprint density at radius 3 is 2.52 bits per heavy atom. The maximum Gasteiger partial charge on any atom is 0.411 e. The van der Waals surface area contributed by atoms with Crippen molar-refractivity contribution >= 4 is 11.6 Å². The van der Waals surface area contributed by atoms with E-state index in [0.717, 1.165) is 12.0 Å². The lowest BCUT2D eigenvalue weighted by molar-refractivity contribution is -0.163. The third-order valence-corrected chi connectivity index (χ3v) is 3.63. The lowest BCUT2D eigenvalue weighted by Gasteiger charge is -2.22. The molecule has 1 aliphatic carbocycles. The van der Waals surface area contributed by atoms with Crippen LogP contribution in [0.25, 0.3) is 0 Å². The number of amides is 1. The molecule has 0 aromatic heterocycles. The minimum Gasteiger partial charge on any atom is -0.384 e. The van der Waals surface area contributed by atoms with Gasteiger partial charge in [-0.25, -0.2) is 0 Å². The van der Waals surface area contributed by atoms with Crippen LogP contribution in [0.1, 0.15) is 42.1 Å². The Morgan fingerprint density at radius 1 is 1.33 bits per heavy atom. The minimum absolute atomic E-state index is 0.0498. The Hall–Kier alpha value is -1.72. The van der Waals surface area contributed by atoms with Gasteiger partial charge in [0.15, 0.2) is 0 Å². The zero-order chi connectivity index (χ0) is 15.7. The van der Waals surface area contributed by atoms with E-state index in [9.17, 15) is 18.0 Å². The van der Waals surface area contributed by atoms with Gasteiger partial charge in [0.2, 0.25) is 0 Å². The van der Waals surface area contributed by atoms with E-state index in [4.69, 9.17) is 0 Å². The van der Waals surface area contributed by atoms with Crippen molar-refractivity contribution in [1.29, 1.82) is 0 Å². The number of anilines is 1. The maximum absolute atomic E-state index is 12.9. The van der Waals surface area contributed by atoms with Gasteiger partial charge in [0.1, 0.15) is 5.54 Å². The Labute approximate surface area is 121 Å². The summed E-state index contributed by atoms with van der Waals surface area (Å²) in [5.74, 6) is -0.674. The number of nitrogens with one attached hydrogen (secondary N) is 2. The van der Waals surface area contributed by atoms with Crippen LogP contribution in [0.15, 0.2) is 18.2 Å². The average molecular weight is 300 g/mol. The Balaban J connectivity index is 2.21. The highest BCUT2D eigenvalue weighted by atomic mass is 19.4. The number of hydrogen-bond acceptors (Lipinski definition) is 2. The van der Waals surface area contributed by atoms with E-state index in [1.807, 2.05) is 13.0 Å². The molecule has 2 rings (SSSR count). The van der Waals surface area contributed by atoms with Crippen LogP contribution >= 0.6 is 0 Å². The molecule has 1 aromatic carbocycles. The van der Waals surface area contributed by atoms with Gasteiger partial charge in [-0.2, -0.15) is 13.2 Å². The molecule has 0 saturated heterocycles. The fraction of sp³-hybridized carbons (Fsp3) is 0.533. The van der Waals surface area contributed by atoms with Crippen LogP contribution < -0.4 is 10.6 Å². The number of rotatable bonds is 5. The summed E-state index contributed by atoms with van der Waals surface area (Å²) in [4.78, 5) is 12.2. The third-order valence-electron chi connectivity index (χ3n) is 3.63. The quantitative estimate of drug-likeness (QED) is 0.871.